The number of hydrogen-bond acceptors (Lipinski definition) is 20. The first-order valence-corrected chi connectivity index (χ1v) is 35.8. The van der Waals surface area contributed by atoms with E-state index >= 15 is 0 Å². The zero-order valence-electron chi connectivity index (χ0n) is 60.3. The minimum atomic E-state index is -1.97. The standard InChI is InChI=1S/C71H96N20O18S/c1-4-15-46(58(72)97)83-61(100)48(23-12-26-77-69(73)74)85-63(102)50(30-39-29-38-17-6-11-22-45(38)81-39)87-59(98)37(3)80-66(105)54(36-110)90-62(101)49(24-13-27-78-70(75)76)86-67(106)55-25-14-28-91(55)68(107)51(31-57(95)96)88-65(104)53(34-93)89-60(99)47(16-5-2)84-64(103)52(33-92)82-56(94)32-79-71(108)109-35-44-42-20-9-7-18-40(42)41-19-8-10-21-43(41)44/h4-11,17-22,29,37,44,46-55,81,92-93,110H,1-2,12-16,23-28,30-36H2,3H3,(H2,72,97)(H,79,108)(H,80,105)(H,82,94)(H,83,100)(H,84,103)(H,85,102)(H,86,106)(H,87,98)(H,88,104)(H,89,99)(H,90,101)(H,95,96)(H4,73,74,77)(H4,75,76,78)/t37-,46-,47-,48-,49-,50-,51-,52-,53-,54-,55?/m0/s1. The first-order valence-electron chi connectivity index (χ1n) is 35.2. The van der Waals surface area contributed by atoms with Crippen molar-refractivity contribution in [1.29, 1.82) is 10.8 Å². The van der Waals surface area contributed by atoms with Gasteiger partial charge in [0.15, 0.2) is 11.9 Å². The SMILES string of the molecule is C=CC[C@H](NC(=O)[C@H](CCCNC(=N)N)NC(=O)[C@H](Cc1cc2ccccc2[nH]1)NC(=O)[C@H](C)NC(=O)[C@H](CS)NC(=O)[C@H](CCCNC(=N)N)NC(=O)C1CCCN1C(=O)[C@H](CC(=O)O)NC(=O)[C@H](CO)NC(=O)[C@H](CC=C)NC(=O)[C@H](CO)NC(=O)CNC(=O)OCC1c2ccccc2-c2ccccc21)C(N)=O. The van der Waals surface area contributed by atoms with Crippen LogP contribution in [0.5, 0.6) is 0 Å². The maximum atomic E-state index is 14.4. The van der Waals surface area contributed by atoms with Gasteiger partial charge in [0, 0.05) is 48.9 Å². The average molecular weight is 1550 g/mol. The van der Waals surface area contributed by atoms with E-state index in [1.807, 2.05) is 48.5 Å². The molecule has 39 heteroatoms. The van der Waals surface area contributed by atoms with Crippen LogP contribution in [-0.4, -0.2) is 238 Å². The third-order valence-electron chi connectivity index (χ3n) is 17.8. The number of alkyl carbamates (subject to hydrolysis) is 1. The molecular weight excluding hydrogens is 1450 g/mol. The molecular formula is C71H96N20O18S. The van der Waals surface area contributed by atoms with E-state index in [0.29, 0.717) is 11.2 Å². The Bertz CT molecular complexity index is 3970. The number of para-hydroxylation sites is 1. The van der Waals surface area contributed by atoms with Crippen molar-refractivity contribution in [3.05, 3.63) is 121 Å². The second-order valence-corrected chi connectivity index (χ2v) is 26.2. The van der Waals surface area contributed by atoms with Crippen LogP contribution < -0.4 is 86.3 Å². The van der Waals surface area contributed by atoms with Crippen molar-refractivity contribution in [2.24, 2.45) is 17.2 Å². The quantitative estimate of drug-likeness (QED) is 0.00654. The van der Waals surface area contributed by atoms with Gasteiger partial charge in [-0.3, -0.25) is 73.1 Å². The number of primary amides is 1. The van der Waals surface area contributed by atoms with Gasteiger partial charge in [-0.1, -0.05) is 78.9 Å². The summed E-state index contributed by atoms with van der Waals surface area (Å²) in [5, 5.41) is 78.0. The zero-order chi connectivity index (χ0) is 80.7. The third-order valence-corrected chi connectivity index (χ3v) is 18.1. The first-order chi connectivity index (χ1) is 52.5. The van der Waals surface area contributed by atoms with Crippen LogP contribution in [0.15, 0.2) is 104 Å². The molecule has 6 rings (SSSR count). The highest BCUT2D eigenvalue weighted by atomic mass is 32.1. The number of hydrogen-bond donors (Lipinski definition) is 23. The fourth-order valence-corrected chi connectivity index (χ4v) is 12.4. The van der Waals surface area contributed by atoms with Gasteiger partial charge in [-0.2, -0.15) is 12.6 Å². The summed E-state index contributed by atoms with van der Waals surface area (Å²) in [6, 6.07) is 7.01. The molecule has 0 radical (unpaired) electrons. The summed E-state index contributed by atoms with van der Waals surface area (Å²) in [5.41, 5.74) is 21.5. The number of rotatable bonds is 44. The van der Waals surface area contributed by atoms with Gasteiger partial charge in [0.25, 0.3) is 0 Å². The van der Waals surface area contributed by atoms with Crippen LogP contribution in [0.1, 0.15) is 87.4 Å². The Morgan fingerprint density at radius 2 is 1.08 bits per heavy atom. The molecule has 1 saturated heterocycles. The highest BCUT2D eigenvalue weighted by Gasteiger charge is 2.42. The van der Waals surface area contributed by atoms with Crippen LogP contribution in [0.4, 0.5) is 4.79 Å². The van der Waals surface area contributed by atoms with Crippen molar-refractivity contribution < 1.29 is 87.2 Å². The number of likely N-dealkylation sites (tertiary alicyclic amines) is 1. The predicted molar refractivity (Wildman–Crippen MR) is 402 cm³/mol. The number of thiol groups is 1. The lowest BCUT2D eigenvalue weighted by molar-refractivity contribution is -0.146. The molecule has 25 N–H and O–H groups in total. The van der Waals surface area contributed by atoms with Crippen LogP contribution in [0.25, 0.3) is 22.0 Å². The van der Waals surface area contributed by atoms with Gasteiger partial charge in [-0.05, 0) is 98.1 Å². The minimum Gasteiger partial charge on any atom is -0.481 e. The summed E-state index contributed by atoms with van der Waals surface area (Å²) in [5.74, 6) is -15.1. The Balaban J connectivity index is 1.07. The van der Waals surface area contributed by atoms with Gasteiger partial charge in [-0.25, -0.2) is 4.79 Å². The molecule has 13 amide bonds. The summed E-state index contributed by atoms with van der Waals surface area (Å²) in [7, 11) is 0. The minimum absolute atomic E-state index is 0.00275. The summed E-state index contributed by atoms with van der Waals surface area (Å²) >= 11 is 4.28. The Kier molecular flexibility index (Phi) is 33.9. The Morgan fingerprint density at radius 1 is 0.600 bits per heavy atom. The van der Waals surface area contributed by atoms with Crippen molar-refractivity contribution in [3.8, 4) is 11.1 Å². The van der Waals surface area contributed by atoms with Gasteiger partial charge in [0.2, 0.25) is 70.9 Å². The summed E-state index contributed by atoms with van der Waals surface area (Å²) < 4.78 is 5.45. The van der Waals surface area contributed by atoms with Crippen LogP contribution in [0, 0.1) is 10.8 Å². The van der Waals surface area contributed by atoms with E-state index in [1.165, 1.54) is 19.1 Å². The molecule has 4 aromatic rings. The molecule has 0 saturated carbocycles. The number of aromatic amines is 1. The smallest absolute Gasteiger partial charge is 0.407 e. The van der Waals surface area contributed by atoms with Crippen molar-refractivity contribution in [2.75, 3.05) is 51.8 Å². The Morgan fingerprint density at radius 3 is 1.65 bits per heavy atom. The van der Waals surface area contributed by atoms with Crippen LogP contribution in [-0.2, 0) is 73.5 Å². The number of aliphatic hydroxyl groups is 2. The number of carbonyl (C=O) groups excluding carboxylic acids is 13. The maximum absolute atomic E-state index is 14.4. The Labute approximate surface area is 637 Å². The highest BCUT2D eigenvalue weighted by Crippen LogP contribution is 2.44. The predicted octanol–water partition coefficient (Wildman–Crippen LogP) is -4.34. The number of ether oxygens (including phenoxy) is 1. The normalized spacial score (nSPS) is 15.5. The van der Waals surface area contributed by atoms with Crippen molar-refractivity contribution in [1.82, 2.24) is 79.0 Å². The van der Waals surface area contributed by atoms with Gasteiger partial charge < -0.3 is 116 Å². The number of aliphatic carboxylic acids is 1. The van der Waals surface area contributed by atoms with E-state index in [0.717, 1.165) is 32.5 Å². The number of guanidine groups is 2. The molecule has 11 atom stereocenters. The number of benzene rings is 3. The average Bonchev–Trinajstić information content (AvgIpc) is 1.62. The topological polar surface area (TPSA) is 610 Å². The number of aliphatic hydroxyl groups excluding tert-OH is 2. The second kappa shape index (κ2) is 43.0. The largest absolute Gasteiger partial charge is 0.481 e. The van der Waals surface area contributed by atoms with Crippen molar-refractivity contribution in [3.63, 3.8) is 0 Å². The highest BCUT2D eigenvalue weighted by molar-refractivity contribution is 7.80. The van der Waals surface area contributed by atoms with E-state index < -0.39 is 187 Å². The molecule has 2 heterocycles. The maximum Gasteiger partial charge on any atom is 0.407 e. The monoisotopic (exact) mass is 1550 g/mol. The second-order valence-electron chi connectivity index (χ2n) is 25.9. The molecule has 0 spiro atoms. The number of H-pyrrole nitrogens is 1. The lowest BCUT2D eigenvalue weighted by atomic mass is 9.98. The van der Waals surface area contributed by atoms with E-state index in [2.05, 4.69) is 99.9 Å². The number of fused-ring (bicyclic) bond motifs is 4. The fourth-order valence-electron chi connectivity index (χ4n) is 12.2. The van der Waals surface area contributed by atoms with Gasteiger partial charge >= 0.3 is 12.1 Å². The molecule has 594 valence electrons. The summed E-state index contributed by atoms with van der Waals surface area (Å²) in [6.07, 6.45) is -0.0595. The van der Waals surface area contributed by atoms with Gasteiger partial charge in [-0.15, -0.1) is 13.2 Å². The number of carboxylic acid groups (broad SMARTS) is 1. The molecule has 1 unspecified atom stereocenters. The molecule has 2 aliphatic rings. The van der Waals surface area contributed by atoms with Crippen LogP contribution >= 0.6 is 12.6 Å². The van der Waals surface area contributed by atoms with Gasteiger partial charge in [0.1, 0.15) is 79.6 Å². The van der Waals surface area contributed by atoms with E-state index in [-0.39, 0.29) is 95.9 Å². The Hall–Kier alpha value is -12.1. The molecule has 1 aliphatic heterocycles. The molecule has 1 aromatic heterocycles. The van der Waals surface area contributed by atoms with E-state index in [4.69, 9.17) is 32.8 Å². The number of nitrogens with one attached hydrogen (secondary N) is 16. The van der Waals surface area contributed by atoms with Crippen molar-refractivity contribution >= 4 is 118 Å². The summed E-state index contributed by atoms with van der Waals surface area (Å²) in [4.78, 5) is 195. The number of nitrogens with zero attached hydrogens (tertiary/aromatic N) is 1. The lowest BCUT2D eigenvalue weighted by Crippen LogP contribution is -2.61. The van der Waals surface area contributed by atoms with Crippen LogP contribution in [0.2, 0.25) is 0 Å². The number of aromatic nitrogens is 1. The number of carboxylic acids is 1. The first kappa shape index (κ1) is 86.8. The number of carbonyl (C=O) groups is 14. The van der Waals surface area contributed by atoms with E-state index in [1.54, 1.807) is 30.3 Å². The zero-order valence-corrected chi connectivity index (χ0v) is 61.2. The molecule has 3 aromatic carbocycles. The number of amides is 13. The molecule has 110 heavy (non-hydrogen) atoms. The van der Waals surface area contributed by atoms with Crippen molar-refractivity contribution in [2.45, 2.75) is 144 Å². The fraction of sp³-hybridized carbons (Fsp3) is 0.437. The van der Waals surface area contributed by atoms with Gasteiger partial charge in [0.05, 0.1) is 19.6 Å². The van der Waals surface area contributed by atoms with E-state index in [9.17, 15) is 82.4 Å². The number of nitrogens with two attached hydrogens (primary N) is 3. The van der Waals surface area contributed by atoms with Crippen LogP contribution in [0.3, 0.4) is 0 Å². The molecule has 1 aliphatic carbocycles. The molecule has 0 bridgehead atoms. The molecule has 1 fully saturated rings. The molecule has 38 nitrogen and oxygen atoms in total. The lowest BCUT2D eigenvalue weighted by Gasteiger charge is -2.30. The summed E-state index contributed by atoms with van der Waals surface area (Å²) in [6.45, 7) is 5.39. The third kappa shape index (κ3) is 25.8.